The average Bonchev–Trinajstić information content (AvgIpc) is 2.64. The molecule has 1 amide bonds. The molecule has 0 bridgehead atoms. The Morgan fingerprint density at radius 1 is 1.00 bits per heavy atom. The van der Waals surface area contributed by atoms with E-state index in [1.54, 1.807) is 48.5 Å². The Balaban J connectivity index is 2.12. The molecule has 0 aliphatic rings. The van der Waals surface area contributed by atoms with E-state index in [0.717, 1.165) is 5.56 Å². The Hall–Kier alpha value is -2.76. The highest BCUT2D eigenvalue weighted by Crippen LogP contribution is 2.34. The van der Waals surface area contributed by atoms with Crippen molar-refractivity contribution in [1.82, 2.24) is 0 Å². The van der Waals surface area contributed by atoms with Crippen LogP contribution in [0.4, 0.5) is 5.69 Å². The van der Waals surface area contributed by atoms with Gasteiger partial charge in [-0.05, 0) is 41.6 Å². The third kappa shape index (κ3) is 3.59. The van der Waals surface area contributed by atoms with Gasteiger partial charge in [-0.15, -0.1) is 4.91 Å². The molecule has 0 fully saturated rings. The van der Waals surface area contributed by atoms with E-state index in [9.17, 15) is 9.70 Å². The van der Waals surface area contributed by atoms with E-state index in [2.05, 4.69) is 10.2 Å². The Bertz CT molecular complexity index is 972. The number of carbonyl (C=O) groups excluding carboxylic acids is 1. The van der Waals surface area contributed by atoms with Crippen LogP contribution in [-0.2, 0) is 4.79 Å². The van der Waals surface area contributed by atoms with Gasteiger partial charge >= 0.3 is 0 Å². The van der Waals surface area contributed by atoms with E-state index < -0.39 is 11.8 Å². The highest BCUT2D eigenvalue weighted by Gasteiger charge is 2.30. The molecule has 0 saturated carbocycles. The Labute approximate surface area is 159 Å². The third-order valence-corrected chi connectivity index (χ3v) is 4.62. The second-order valence-electron chi connectivity index (χ2n) is 5.63. The number of pyridine rings is 1. The van der Waals surface area contributed by atoms with Gasteiger partial charge in [0.25, 0.3) is 0 Å². The summed E-state index contributed by atoms with van der Waals surface area (Å²) in [7, 11) is 0. The number of nitrogens with two attached hydrogens (primary N) is 1. The highest BCUT2D eigenvalue weighted by molar-refractivity contribution is 6.36. The molecule has 2 aromatic carbocycles. The lowest BCUT2D eigenvalue weighted by atomic mass is 9.93. The van der Waals surface area contributed by atoms with Crippen LogP contribution in [0, 0.1) is 4.91 Å². The summed E-state index contributed by atoms with van der Waals surface area (Å²) in [5.74, 6) is -1.43. The number of primary amides is 1. The van der Waals surface area contributed by atoms with Crippen molar-refractivity contribution in [3.63, 3.8) is 0 Å². The molecule has 1 atom stereocenters. The molecule has 5 nitrogen and oxygen atoms in total. The fourth-order valence-electron chi connectivity index (χ4n) is 2.79. The summed E-state index contributed by atoms with van der Waals surface area (Å²) in [6.45, 7) is 0. The van der Waals surface area contributed by atoms with Gasteiger partial charge in [0.15, 0.2) is 5.69 Å². The van der Waals surface area contributed by atoms with Crippen LogP contribution in [-0.4, -0.2) is 5.91 Å². The number of nitrogens with zero attached hydrogens (tertiary/aromatic N) is 1. The number of hydrogen-bond donors (Lipinski definition) is 1. The number of aromatic nitrogens is 1. The van der Waals surface area contributed by atoms with Crippen molar-refractivity contribution in [2.75, 3.05) is 0 Å². The number of hydrogen-bond acceptors (Lipinski definition) is 3. The van der Waals surface area contributed by atoms with E-state index in [-0.39, 0.29) is 0 Å². The molecule has 1 unspecified atom stereocenters. The van der Waals surface area contributed by atoms with Gasteiger partial charge in [0, 0.05) is 33.3 Å². The summed E-state index contributed by atoms with van der Waals surface area (Å²) < 4.78 is 0. The SMILES string of the molecule is NC(=O)C(c1cccc(-c2cccc(N=O)c2)[nH+]1)c1c(Cl)cccc1Cl. The number of H-pyrrole nitrogens is 1. The maximum Gasteiger partial charge on any atom is 0.235 e. The van der Waals surface area contributed by atoms with Crippen LogP contribution in [0.25, 0.3) is 11.3 Å². The van der Waals surface area contributed by atoms with Crippen LogP contribution in [0.5, 0.6) is 0 Å². The van der Waals surface area contributed by atoms with Gasteiger partial charge in [0.05, 0.1) is 0 Å². The first-order chi connectivity index (χ1) is 12.5. The summed E-state index contributed by atoms with van der Waals surface area (Å²) in [6, 6.07) is 17.1. The molecule has 0 saturated heterocycles. The molecular weight excluding hydrogens is 373 g/mol. The van der Waals surface area contributed by atoms with Crippen LogP contribution in [0.2, 0.25) is 10.0 Å². The fourth-order valence-corrected chi connectivity index (χ4v) is 3.41. The number of rotatable bonds is 5. The zero-order valence-electron chi connectivity index (χ0n) is 13.4. The predicted molar refractivity (Wildman–Crippen MR) is 101 cm³/mol. The predicted octanol–water partition coefficient (Wildman–Crippen LogP) is 4.49. The lowest BCUT2D eigenvalue weighted by molar-refractivity contribution is -0.377. The largest absolute Gasteiger partial charge is 0.369 e. The molecular formula is C19H14Cl2N3O2+. The monoisotopic (exact) mass is 386 g/mol. The van der Waals surface area contributed by atoms with Crippen LogP contribution in [0.3, 0.4) is 0 Å². The van der Waals surface area contributed by atoms with E-state index in [4.69, 9.17) is 28.9 Å². The summed E-state index contributed by atoms with van der Waals surface area (Å²) >= 11 is 12.5. The molecule has 0 radical (unpaired) electrons. The second-order valence-corrected chi connectivity index (χ2v) is 6.45. The van der Waals surface area contributed by atoms with Crippen molar-refractivity contribution in [2.24, 2.45) is 10.9 Å². The van der Waals surface area contributed by atoms with Gasteiger partial charge in [-0.1, -0.05) is 35.3 Å². The minimum Gasteiger partial charge on any atom is -0.369 e. The summed E-state index contributed by atoms with van der Waals surface area (Å²) in [5, 5.41) is 3.65. The molecule has 0 aliphatic heterocycles. The van der Waals surface area contributed by atoms with Crippen molar-refractivity contribution in [2.45, 2.75) is 5.92 Å². The van der Waals surface area contributed by atoms with Crippen molar-refractivity contribution in [1.29, 1.82) is 0 Å². The summed E-state index contributed by atoms with van der Waals surface area (Å²) in [5.41, 5.74) is 8.37. The number of nitrogens with one attached hydrogen (secondary N) is 1. The van der Waals surface area contributed by atoms with Gasteiger partial charge < -0.3 is 5.73 Å². The van der Waals surface area contributed by atoms with Crippen molar-refractivity contribution in [3.8, 4) is 11.3 Å². The van der Waals surface area contributed by atoms with E-state index in [1.807, 2.05) is 12.1 Å². The van der Waals surface area contributed by atoms with Gasteiger partial charge in [0.2, 0.25) is 11.6 Å². The first-order valence-electron chi connectivity index (χ1n) is 7.70. The van der Waals surface area contributed by atoms with E-state index in [1.165, 1.54) is 0 Å². The van der Waals surface area contributed by atoms with Gasteiger partial charge in [-0.2, -0.15) is 0 Å². The third-order valence-electron chi connectivity index (χ3n) is 3.96. The first-order valence-corrected chi connectivity index (χ1v) is 8.46. The van der Waals surface area contributed by atoms with Gasteiger partial charge in [-0.3, -0.25) is 4.79 Å². The molecule has 1 heterocycles. The smallest absolute Gasteiger partial charge is 0.235 e. The standard InChI is InChI=1S/C19H13Cl2N3O2/c20-13-6-2-7-14(21)17(13)18(19(22)25)16-9-3-8-15(23-16)11-4-1-5-12(10-11)24-26/h1-10,18H,(H2,22,25)/p+1. The number of aromatic amines is 1. The molecule has 3 aromatic rings. The van der Waals surface area contributed by atoms with Crippen LogP contribution < -0.4 is 10.7 Å². The van der Waals surface area contributed by atoms with Crippen LogP contribution in [0.15, 0.2) is 65.8 Å². The molecule has 1 aromatic heterocycles. The maximum atomic E-state index is 12.2. The van der Waals surface area contributed by atoms with Crippen LogP contribution in [0.1, 0.15) is 17.2 Å². The van der Waals surface area contributed by atoms with Gasteiger partial charge in [-0.25, -0.2) is 4.98 Å². The number of carbonyl (C=O) groups is 1. The summed E-state index contributed by atoms with van der Waals surface area (Å²) in [4.78, 5) is 26.1. The van der Waals surface area contributed by atoms with Crippen molar-refractivity contribution >= 4 is 34.8 Å². The van der Waals surface area contributed by atoms with Gasteiger partial charge in [0.1, 0.15) is 11.6 Å². The minimum absolute atomic E-state index is 0.307. The number of halogens is 2. The van der Waals surface area contributed by atoms with E-state index in [0.29, 0.717) is 32.7 Å². The molecule has 130 valence electrons. The number of benzene rings is 2. The molecule has 3 N–H and O–H groups in total. The quantitative estimate of drug-likeness (QED) is 0.654. The average molecular weight is 387 g/mol. The van der Waals surface area contributed by atoms with Crippen molar-refractivity contribution < 1.29 is 9.78 Å². The summed E-state index contributed by atoms with van der Waals surface area (Å²) in [6.07, 6.45) is 0. The zero-order valence-corrected chi connectivity index (χ0v) is 15.0. The number of amides is 1. The lowest BCUT2D eigenvalue weighted by Crippen LogP contribution is -2.29. The molecule has 26 heavy (non-hydrogen) atoms. The molecule has 0 spiro atoms. The Morgan fingerprint density at radius 2 is 1.65 bits per heavy atom. The second kappa shape index (κ2) is 7.64. The zero-order chi connectivity index (χ0) is 18.7. The van der Waals surface area contributed by atoms with Crippen molar-refractivity contribution in [3.05, 3.63) is 86.9 Å². The normalized spacial score (nSPS) is 11.8. The number of nitroso groups, excluding NO2 is 1. The maximum absolute atomic E-state index is 12.2. The first kappa shape index (κ1) is 18.0. The fraction of sp³-hybridized carbons (Fsp3) is 0.0526. The Morgan fingerprint density at radius 3 is 2.31 bits per heavy atom. The topological polar surface area (TPSA) is 86.7 Å². The molecule has 7 heteroatoms. The molecule has 3 rings (SSSR count). The minimum atomic E-state index is -0.844. The Kier molecular flexibility index (Phi) is 5.30. The lowest BCUT2D eigenvalue weighted by Gasteiger charge is -2.14. The van der Waals surface area contributed by atoms with E-state index >= 15 is 0 Å². The van der Waals surface area contributed by atoms with Crippen LogP contribution >= 0.6 is 23.2 Å². The highest BCUT2D eigenvalue weighted by atomic mass is 35.5. The molecule has 0 aliphatic carbocycles.